The summed E-state index contributed by atoms with van der Waals surface area (Å²) in [6.45, 7) is -1.51. The van der Waals surface area contributed by atoms with Crippen molar-refractivity contribution in [3.8, 4) is 0 Å². The molecule has 0 amide bonds. The van der Waals surface area contributed by atoms with Crippen molar-refractivity contribution < 1.29 is 51.7 Å². The molecule has 0 rings (SSSR count). The molecule has 0 aromatic heterocycles. The molecule has 0 heterocycles. The van der Waals surface area contributed by atoms with Crippen molar-refractivity contribution in [2.45, 2.75) is 6.10 Å². The van der Waals surface area contributed by atoms with Crippen LogP contribution < -0.4 is 14.7 Å². The molecule has 0 fully saturated rings. The zero-order chi connectivity index (χ0) is 14.2. The van der Waals surface area contributed by atoms with Crippen LogP contribution in [0.15, 0.2) is 0 Å². The standard InChI is InChI=1S/C5H10O11P2/c6-3-13-1-5(14-4-7)2-15-18(11,12)16-17(8,9)10/h3-5H,1-2H2,(H,11,12)(H2,8,9,10)/p-3/t5-/m1/s1. The lowest BCUT2D eigenvalue weighted by Crippen LogP contribution is -2.27. The molecule has 11 nitrogen and oxygen atoms in total. The summed E-state index contributed by atoms with van der Waals surface area (Å²) >= 11 is 0. The molecule has 0 aliphatic rings. The first-order chi connectivity index (χ1) is 8.20. The SMILES string of the molecule is O=COC[C@H](COP(=O)([O-])OP(=O)([O-])[O-])OC=O. The van der Waals surface area contributed by atoms with Crippen molar-refractivity contribution in [1.29, 1.82) is 0 Å². The molecule has 0 aliphatic carbocycles. The van der Waals surface area contributed by atoms with E-state index in [1.54, 1.807) is 0 Å². The van der Waals surface area contributed by atoms with E-state index in [4.69, 9.17) is 0 Å². The highest BCUT2D eigenvalue weighted by Gasteiger charge is 2.17. The minimum absolute atomic E-state index is 0.00205. The predicted molar refractivity (Wildman–Crippen MR) is 45.2 cm³/mol. The summed E-state index contributed by atoms with van der Waals surface area (Å²) in [6.07, 6.45) is -1.31. The van der Waals surface area contributed by atoms with Gasteiger partial charge in [0.15, 0.2) is 6.10 Å². The highest BCUT2D eigenvalue weighted by molar-refractivity contribution is 7.58. The van der Waals surface area contributed by atoms with E-state index in [1.807, 2.05) is 0 Å². The van der Waals surface area contributed by atoms with Crippen LogP contribution in [0.1, 0.15) is 0 Å². The zero-order valence-corrected chi connectivity index (χ0v) is 10.3. The average Bonchev–Trinajstić information content (AvgIpc) is 2.19. The number of ether oxygens (including phenoxy) is 2. The molecule has 1 unspecified atom stereocenters. The van der Waals surface area contributed by atoms with Crippen molar-refractivity contribution in [1.82, 2.24) is 0 Å². The van der Waals surface area contributed by atoms with E-state index >= 15 is 0 Å². The van der Waals surface area contributed by atoms with Gasteiger partial charge in [0.1, 0.15) is 6.61 Å². The van der Waals surface area contributed by atoms with E-state index in [2.05, 4.69) is 18.3 Å². The van der Waals surface area contributed by atoms with Crippen LogP contribution in [-0.2, 0) is 37.0 Å². The monoisotopic (exact) mass is 305 g/mol. The summed E-state index contributed by atoms with van der Waals surface area (Å²) in [4.78, 5) is 50.7. The third-order valence-corrected chi connectivity index (χ3v) is 3.28. The Morgan fingerprint density at radius 3 is 2.11 bits per heavy atom. The number of rotatable bonds is 10. The van der Waals surface area contributed by atoms with Gasteiger partial charge in [0.2, 0.25) is 0 Å². The van der Waals surface area contributed by atoms with Crippen molar-refractivity contribution in [2.24, 2.45) is 0 Å². The molecule has 0 spiro atoms. The van der Waals surface area contributed by atoms with Gasteiger partial charge in [0.05, 0.1) is 14.4 Å². The largest absolute Gasteiger partial charge is 0.790 e. The predicted octanol–water partition coefficient (Wildman–Crippen LogP) is -2.97. The fourth-order valence-corrected chi connectivity index (χ4v) is 2.19. The lowest BCUT2D eigenvalue weighted by atomic mass is 10.4. The van der Waals surface area contributed by atoms with Crippen LogP contribution in [0.5, 0.6) is 0 Å². The fraction of sp³-hybridized carbons (Fsp3) is 0.600. The summed E-state index contributed by atoms with van der Waals surface area (Å²) in [5.74, 6) is 0. The molecule has 0 aromatic rings. The second-order valence-corrected chi connectivity index (χ2v) is 5.26. The molecule has 0 bridgehead atoms. The Morgan fingerprint density at radius 1 is 1.06 bits per heavy atom. The Bertz CT molecular complexity index is 360. The number of hydrogen-bond donors (Lipinski definition) is 0. The second kappa shape index (κ2) is 7.59. The van der Waals surface area contributed by atoms with E-state index in [1.165, 1.54) is 0 Å². The maximum atomic E-state index is 10.8. The van der Waals surface area contributed by atoms with Gasteiger partial charge in [0.25, 0.3) is 20.8 Å². The first-order valence-electron chi connectivity index (χ1n) is 4.03. The van der Waals surface area contributed by atoms with Crippen LogP contribution in [-0.4, -0.2) is 32.3 Å². The first-order valence-corrected chi connectivity index (χ1v) is 6.95. The zero-order valence-electron chi connectivity index (χ0n) is 8.53. The van der Waals surface area contributed by atoms with E-state index in [0.717, 1.165) is 0 Å². The Morgan fingerprint density at radius 2 is 1.67 bits per heavy atom. The van der Waals surface area contributed by atoms with Gasteiger partial charge < -0.3 is 33.2 Å². The minimum atomic E-state index is -5.78. The lowest BCUT2D eigenvalue weighted by molar-refractivity contribution is -0.339. The number of phosphoric ester groups is 1. The maximum Gasteiger partial charge on any atom is 0.293 e. The van der Waals surface area contributed by atoms with Crippen molar-refractivity contribution >= 4 is 28.6 Å². The molecule has 0 saturated heterocycles. The summed E-state index contributed by atoms with van der Waals surface area (Å²) < 4.78 is 36.3. The van der Waals surface area contributed by atoms with Gasteiger partial charge in [0, 0.05) is 0 Å². The highest BCUT2D eigenvalue weighted by atomic mass is 31.3. The molecule has 106 valence electrons. The minimum Gasteiger partial charge on any atom is -0.790 e. The van der Waals surface area contributed by atoms with Gasteiger partial charge in [-0.1, -0.05) is 0 Å². The first kappa shape index (κ1) is 17.2. The van der Waals surface area contributed by atoms with E-state index < -0.39 is 35.0 Å². The highest BCUT2D eigenvalue weighted by Crippen LogP contribution is 2.50. The Kier molecular flexibility index (Phi) is 7.26. The number of carbonyl (C=O) groups is 2. The molecular formula is C5H7O11P2-3. The van der Waals surface area contributed by atoms with Gasteiger partial charge in [-0.3, -0.25) is 18.5 Å². The molecule has 2 atom stereocenters. The fourth-order valence-electron chi connectivity index (χ4n) is 0.672. The van der Waals surface area contributed by atoms with Crippen LogP contribution in [0, 0.1) is 0 Å². The molecule has 0 saturated carbocycles. The summed E-state index contributed by atoms with van der Waals surface area (Å²) in [5.41, 5.74) is 0. The topological polar surface area (TPSA) is 174 Å². The molecule has 0 aliphatic heterocycles. The molecule has 13 heteroatoms. The normalized spacial score (nSPS) is 16.4. The van der Waals surface area contributed by atoms with E-state index in [-0.39, 0.29) is 12.9 Å². The lowest BCUT2D eigenvalue weighted by Gasteiger charge is -2.35. The van der Waals surface area contributed by atoms with Gasteiger partial charge in [-0.2, -0.15) is 0 Å². The van der Waals surface area contributed by atoms with E-state index in [9.17, 15) is 33.4 Å². The van der Waals surface area contributed by atoms with Gasteiger partial charge >= 0.3 is 0 Å². The Balaban J connectivity index is 4.31. The van der Waals surface area contributed by atoms with Crippen molar-refractivity contribution in [2.75, 3.05) is 13.2 Å². The van der Waals surface area contributed by atoms with Gasteiger partial charge in [-0.15, -0.1) is 0 Å². The van der Waals surface area contributed by atoms with Gasteiger partial charge in [-0.25, -0.2) is 0 Å². The third-order valence-electron chi connectivity index (χ3n) is 1.22. The smallest absolute Gasteiger partial charge is 0.293 e. The molecular weight excluding hydrogens is 298 g/mol. The Hall–Kier alpha value is -0.800. The molecule has 0 N–H and O–H groups in total. The third kappa shape index (κ3) is 9.25. The van der Waals surface area contributed by atoms with Crippen molar-refractivity contribution in [3.63, 3.8) is 0 Å². The second-order valence-electron chi connectivity index (χ2n) is 2.56. The number of phosphoric acid groups is 2. The van der Waals surface area contributed by atoms with Crippen LogP contribution in [0.2, 0.25) is 0 Å². The van der Waals surface area contributed by atoms with Crippen molar-refractivity contribution in [3.05, 3.63) is 0 Å². The molecule has 18 heavy (non-hydrogen) atoms. The summed E-state index contributed by atoms with van der Waals surface area (Å²) in [6, 6.07) is 0. The number of hydrogen-bond acceptors (Lipinski definition) is 11. The van der Waals surface area contributed by atoms with Crippen LogP contribution in [0.4, 0.5) is 0 Å². The van der Waals surface area contributed by atoms with Gasteiger partial charge in [-0.05, 0) is 0 Å². The molecule has 0 aromatic carbocycles. The average molecular weight is 305 g/mol. The summed E-state index contributed by atoms with van der Waals surface area (Å²) in [7, 11) is -11.2. The van der Waals surface area contributed by atoms with Crippen LogP contribution in [0.25, 0.3) is 0 Å². The van der Waals surface area contributed by atoms with Crippen LogP contribution >= 0.6 is 15.6 Å². The van der Waals surface area contributed by atoms with Crippen LogP contribution in [0.3, 0.4) is 0 Å². The quantitative estimate of drug-likeness (QED) is 0.297. The summed E-state index contributed by atoms with van der Waals surface area (Å²) in [5, 5.41) is 0. The Labute approximate surface area is 100 Å². The van der Waals surface area contributed by atoms with E-state index in [0.29, 0.717) is 0 Å². The maximum absolute atomic E-state index is 10.8. The number of carbonyl (C=O) groups excluding carboxylic acids is 2. The molecule has 0 radical (unpaired) electrons.